The number of hydrogen-bond acceptors (Lipinski definition) is 2. The van der Waals surface area contributed by atoms with Crippen LogP contribution in [0.25, 0.3) is 5.52 Å². The second kappa shape index (κ2) is 3.75. The highest BCUT2D eigenvalue weighted by atomic mass is 35.5. The number of pyridine rings is 1. The molecule has 0 radical (unpaired) electrons. The first-order chi connectivity index (χ1) is 7.45. The average Bonchev–Trinajstić information content (AvgIpc) is 2.57. The Morgan fingerprint density at radius 3 is 2.62 bits per heavy atom. The van der Waals surface area contributed by atoms with E-state index < -0.39 is 0 Å². The van der Waals surface area contributed by atoms with Gasteiger partial charge >= 0.3 is 0 Å². The summed E-state index contributed by atoms with van der Waals surface area (Å²) in [6.07, 6.45) is 0. The van der Waals surface area contributed by atoms with Crippen LogP contribution in [0.3, 0.4) is 0 Å². The maximum Gasteiger partial charge on any atom is 0.120 e. The van der Waals surface area contributed by atoms with Gasteiger partial charge in [-0.1, -0.05) is 38.4 Å². The maximum atomic E-state index is 6.22. The molecule has 0 spiro atoms. The number of nitrogens with zero attached hydrogens (tertiary/aromatic N) is 2. The Bertz CT molecular complexity index is 523. The van der Waals surface area contributed by atoms with Crippen molar-refractivity contribution in [3.8, 4) is 0 Å². The van der Waals surface area contributed by atoms with Gasteiger partial charge in [-0.25, -0.2) is 4.98 Å². The van der Waals surface area contributed by atoms with E-state index in [0.717, 1.165) is 17.0 Å². The Morgan fingerprint density at radius 1 is 1.38 bits per heavy atom. The van der Waals surface area contributed by atoms with E-state index in [0.29, 0.717) is 11.7 Å². The number of aromatic nitrogens is 2. The molecule has 16 heavy (non-hydrogen) atoms. The third-order valence-electron chi connectivity index (χ3n) is 2.55. The van der Waals surface area contributed by atoms with Crippen molar-refractivity contribution >= 4 is 17.1 Å². The summed E-state index contributed by atoms with van der Waals surface area (Å²) in [7, 11) is 0. The Morgan fingerprint density at radius 2 is 2.06 bits per heavy atom. The molecular formula is C12H16ClN3. The second-order valence-corrected chi connectivity index (χ2v) is 5.29. The first-order valence-electron chi connectivity index (χ1n) is 5.31. The minimum atomic E-state index is -0.0542. The quantitative estimate of drug-likeness (QED) is 0.775. The first kappa shape index (κ1) is 11.4. The standard InChI is InChI=1S/C12H16ClN3/c1-12(2,3)11-15-8(7-14)9-5-4-6-10(13)16(9)11/h4-6H,7,14H2,1-3H3. The van der Waals surface area contributed by atoms with E-state index in [4.69, 9.17) is 17.3 Å². The van der Waals surface area contributed by atoms with Crippen molar-refractivity contribution < 1.29 is 0 Å². The molecule has 0 aliphatic carbocycles. The predicted octanol–water partition coefficient (Wildman–Crippen LogP) is 2.74. The van der Waals surface area contributed by atoms with Gasteiger partial charge in [-0.15, -0.1) is 0 Å². The van der Waals surface area contributed by atoms with Crippen molar-refractivity contribution in [2.45, 2.75) is 32.7 Å². The average molecular weight is 238 g/mol. The van der Waals surface area contributed by atoms with E-state index >= 15 is 0 Å². The van der Waals surface area contributed by atoms with Crippen LogP contribution in [0, 0.1) is 0 Å². The summed E-state index contributed by atoms with van der Waals surface area (Å²) in [5.74, 6) is 0.952. The molecule has 0 bridgehead atoms. The summed E-state index contributed by atoms with van der Waals surface area (Å²) >= 11 is 6.22. The molecule has 2 rings (SSSR count). The zero-order chi connectivity index (χ0) is 11.9. The summed E-state index contributed by atoms with van der Waals surface area (Å²) in [6.45, 7) is 6.78. The van der Waals surface area contributed by atoms with Crippen molar-refractivity contribution in [3.05, 3.63) is 34.9 Å². The SMILES string of the molecule is CC(C)(C)c1nc(CN)c2cccc(Cl)n12. The molecule has 0 saturated heterocycles. The van der Waals surface area contributed by atoms with E-state index in [1.807, 2.05) is 22.6 Å². The van der Waals surface area contributed by atoms with Gasteiger partial charge in [0.2, 0.25) is 0 Å². The molecule has 0 unspecified atom stereocenters. The number of halogens is 1. The zero-order valence-electron chi connectivity index (χ0n) is 9.79. The first-order valence-corrected chi connectivity index (χ1v) is 5.69. The van der Waals surface area contributed by atoms with Gasteiger partial charge in [0.15, 0.2) is 0 Å². The molecule has 0 saturated carbocycles. The number of hydrogen-bond donors (Lipinski definition) is 1. The summed E-state index contributed by atoms with van der Waals surface area (Å²) in [6, 6.07) is 5.78. The van der Waals surface area contributed by atoms with Crippen molar-refractivity contribution in [2.75, 3.05) is 0 Å². The predicted molar refractivity (Wildman–Crippen MR) is 66.8 cm³/mol. The monoisotopic (exact) mass is 237 g/mol. The minimum absolute atomic E-state index is 0.0542. The molecule has 3 nitrogen and oxygen atoms in total. The van der Waals surface area contributed by atoms with Crippen molar-refractivity contribution in [1.29, 1.82) is 0 Å². The van der Waals surface area contributed by atoms with Gasteiger partial charge in [0.25, 0.3) is 0 Å². The largest absolute Gasteiger partial charge is 0.325 e. The number of fused-ring (bicyclic) bond motifs is 1. The normalized spacial score (nSPS) is 12.3. The highest BCUT2D eigenvalue weighted by molar-refractivity contribution is 6.29. The number of rotatable bonds is 1. The fourth-order valence-corrected chi connectivity index (χ4v) is 2.06. The second-order valence-electron chi connectivity index (χ2n) is 4.91. The van der Waals surface area contributed by atoms with E-state index in [9.17, 15) is 0 Å². The van der Waals surface area contributed by atoms with Crippen LogP contribution in [0.15, 0.2) is 18.2 Å². The van der Waals surface area contributed by atoms with Gasteiger partial charge in [0.05, 0.1) is 11.2 Å². The molecule has 2 aromatic heterocycles. The maximum absolute atomic E-state index is 6.22. The van der Waals surface area contributed by atoms with Crippen LogP contribution in [0.2, 0.25) is 5.15 Å². The molecule has 2 N–H and O–H groups in total. The fraction of sp³-hybridized carbons (Fsp3) is 0.417. The molecule has 0 atom stereocenters. The molecule has 0 fully saturated rings. The van der Waals surface area contributed by atoms with Gasteiger partial charge < -0.3 is 5.73 Å². The molecule has 4 heteroatoms. The highest BCUT2D eigenvalue weighted by Crippen LogP contribution is 2.27. The van der Waals surface area contributed by atoms with Crippen LogP contribution in [0.1, 0.15) is 32.3 Å². The molecule has 0 aliphatic heterocycles. The summed E-state index contributed by atoms with van der Waals surface area (Å²) in [5, 5.41) is 0.676. The molecule has 2 heterocycles. The molecule has 2 aromatic rings. The molecule has 0 aromatic carbocycles. The lowest BCUT2D eigenvalue weighted by atomic mass is 9.96. The van der Waals surface area contributed by atoms with Crippen molar-refractivity contribution in [3.63, 3.8) is 0 Å². The van der Waals surface area contributed by atoms with Crippen LogP contribution < -0.4 is 5.73 Å². The van der Waals surface area contributed by atoms with E-state index in [1.165, 1.54) is 0 Å². The van der Waals surface area contributed by atoms with Crippen LogP contribution in [-0.2, 0) is 12.0 Å². The molecular weight excluding hydrogens is 222 g/mol. The Labute approximate surface area is 100 Å². The van der Waals surface area contributed by atoms with Gasteiger partial charge in [-0.05, 0) is 12.1 Å². The summed E-state index contributed by atoms with van der Waals surface area (Å²) in [5.41, 5.74) is 7.55. The Balaban J connectivity index is 2.85. The lowest BCUT2D eigenvalue weighted by Gasteiger charge is -2.17. The molecule has 0 amide bonds. The van der Waals surface area contributed by atoms with E-state index in [1.54, 1.807) is 0 Å². The van der Waals surface area contributed by atoms with Crippen LogP contribution in [0.4, 0.5) is 0 Å². The van der Waals surface area contributed by atoms with Crippen LogP contribution in [0.5, 0.6) is 0 Å². The third kappa shape index (κ3) is 1.70. The zero-order valence-corrected chi connectivity index (χ0v) is 10.5. The highest BCUT2D eigenvalue weighted by Gasteiger charge is 2.23. The lowest BCUT2D eigenvalue weighted by Crippen LogP contribution is -2.16. The molecule has 86 valence electrons. The Kier molecular flexibility index (Phi) is 2.68. The fourth-order valence-electron chi connectivity index (χ4n) is 1.81. The van der Waals surface area contributed by atoms with E-state index in [2.05, 4.69) is 25.8 Å². The summed E-state index contributed by atoms with van der Waals surface area (Å²) in [4.78, 5) is 4.59. The van der Waals surface area contributed by atoms with Crippen LogP contribution in [-0.4, -0.2) is 9.38 Å². The third-order valence-corrected chi connectivity index (χ3v) is 2.85. The number of imidazole rings is 1. The lowest BCUT2D eigenvalue weighted by molar-refractivity contribution is 0.542. The summed E-state index contributed by atoms with van der Waals surface area (Å²) < 4.78 is 1.98. The van der Waals surface area contributed by atoms with Crippen LogP contribution >= 0.6 is 11.6 Å². The van der Waals surface area contributed by atoms with Crippen molar-refractivity contribution in [2.24, 2.45) is 5.73 Å². The van der Waals surface area contributed by atoms with E-state index in [-0.39, 0.29) is 5.41 Å². The van der Waals surface area contributed by atoms with Gasteiger partial charge in [0.1, 0.15) is 11.0 Å². The topological polar surface area (TPSA) is 43.3 Å². The molecule has 0 aliphatic rings. The number of nitrogens with two attached hydrogens (primary N) is 1. The smallest absolute Gasteiger partial charge is 0.120 e. The Hall–Kier alpha value is -1.06. The van der Waals surface area contributed by atoms with Gasteiger partial charge in [-0.3, -0.25) is 4.40 Å². The van der Waals surface area contributed by atoms with Gasteiger partial charge in [0, 0.05) is 12.0 Å². The van der Waals surface area contributed by atoms with Gasteiger partial charge in [-0.2, -0.15) is 0 Å². The van der Waals surface area contributed by atoms with Crippen molar-refractivity contribution in [1.82, 2.24) is 9.38 Å². The minimum Gasteiger partial charge on any atom is -0.325 e.